The molecule has 1 saturated heterocycles. The van der Waals surface area contributed by atoms with E-state index in [9.17, 15) is 4.79 Å². The number of ether oxygens (including phenoxy) is 1. The summed E-state index contributed by atoms with van der Waals surface area (Å²) in [6, 6.07) is 4.71. The number of anilines is 2. The van der Waals surface area contributed by atoms with E-state index < -0.39 is 0 Å². The van der Waals surface area contributed by atoms with Gasteiger partial charge in [0.15, 0.2) is 0 Å². The smallest absolute Gasteiger partial charge is 0.231 e. The number of amides is 1. The highest BCUT2D eigenvalue weighted by Gasteiger charge is 2.52. The number of hydrogen-bond acceptors (Lipinski definition) is 5. The van der Waals surface area contributed by atoms with Gasteiger partial charge in [0.2, 0.25) is 5.91 Å². The number of fused-ring (bicyclic) bond motifs is 3. The maximum absolute atomic E-state index is 13.0. The SMILES string of the molecule is COC12CCC(C(=O)Nc3ccc(N4CCC(N(C)C)CC4)cn3)(CC1)CC2. The van der Waals surface area contributed by atoms with Crippen molar-refractivity contribution < 1.29 is 9.53 Å². The number of methoxy groups -OCH3 is 1. The molecule has 0 unspecified atom stereocenters. The number of carbonyl (C=O) groups is 1. The first-order chi connectivity index (χ1) is 13.5. The Morgan fingerprint density at radius 3 is 2.29 bits per heavy atom. The monoisotopic (exact) mass is 386 g/mol. The van der Waals surface area contributed by atoms with E-state index in [-0.39, 0.29) is 16.9 Å². The first-order valence-corrected chi connectivity index (χ1v) is 10.7. The quantitative estimate of drug-likeness (QED) is 0.842. The van der Waals surface area contributed by atoms with Crippen LogP contribution in [0.15, 0.2) is 18.3 Å². The molecular formula is C22H34N4O2. The summed E-state index contributed by atoms with van der Waals surface area (Å²) in [4.78, 5) is 22.3. The highest BCUT2D eigenvalue weighted by atomic mass is 16.5. The van der Waals surface area contributed by atoms with Crippen LogP contribution in [0.3, 0.4) is 0 Å². The van der Waals surface area contributed by atoms with Gasteiger partial charge in [-0.2, -0.15) is 0 Å². The molecule has 2 heterocycles. The molecule has 0 aromatic carbocycles. The molecule has 2 bridgehead atoms. The second-order valence-corrected chi connectivity index (χ2v) is 9.21. The third kappa shape index (κ3) is 3.64. The van der Waals surface area contributed by atoms with Gasteiger partial charge in [0.1, 0.15) is 5.82 Å². The van der Waals surface area contributed by atoms with Crippen LogP contribution in [0.4, 0.5) is 11.5 Å². The van der Waals surface area contributed by atoms with Crippen molar-refractivity contribution >= 4 is 17.4 Å². The fourth-order valence-corrected chi connectivity index (χ4v) is 5.33. The zero-order chi connectivity index (χ0) is 19.8. The van der Waals surface area contributed by atoms with E-state index in [0.717, 1.165) is 57.3 Å². The minimum absolute atomic E-state index is 0.0297. The molecule has 3 saturated carbocycles. The molecule has 154 valence electrons. The molecule has 6 heteroatoms. The molecule has 0 radical (unpaired) electrons. The fraction of sp³-hybridized carbons (Fsp3) is 0.727. The van der Waals surface area contributed by atoms with Crippen LogP contribution < -0.4 is 10.2 Å². The third-order valence-corrected chi connectivity index (χ3v) is 7.64. The lowest BCUT2D eigenvalue weighted by Crippen LogP contribution is -2.52. The summed E-state index contributed by atoms with van der Waals surface area (Å²) in [5.41, 5.74) is 0.949. The largest absolute Gasteiger partial charge is 0.378 e. The predicted molar refractivity (Wildman–Crippen MR) is 112 cm³/mol. The summed E-state index contributed by atoms with van der Waals surface area (Å²) < 4.78 is 5.75. The average Bonchev–Trinajstić information content (AvgIpc) is 2.75. The van der Waals surface area contributed by atoms with Crippen LogP contribution in [0.25, 0.3) is 0 Å². The molecular weight excluding hydrogens is 352 g/mol. The number of hydrogen-bond donors (Lipinski definition) is 1. The fourth-order valence-electron chi connectivity index (χ4n) is 5.33. The van der Waals surface area contributed by atoms with Crippen molar-refractivity contribution in [2.24, 2.45) is 5.41 Å². The van der Waals surface area contributed by atoms with Gasteiger partial charge < -0.3 is 19.9 Å². The predicted octanol–water partition coefficient (Wildman–Crippen LogP) is 3.29. The minimum atomic E-state index is -0.227. The van der Waals surface area contributed by atoms with Crippen molar-refractivity contribution in [1.82, 2.24) is 9.88 Å². The van der Waals surface area contributed by atoms with Gasteiger partial charge in [0.25, 0.3) is 0 Å². The number of rotatable bonds is 5. The van der Waals surface area contributed by atoms with Gasteiger partial charge in [-0.15, -0.1) is 0 Å². The molecule has 1 aromatic rings. The molecule has 4 fully saturated rings. The van der Waals surface area contributed by atoms with Crippen LogP contribution in [0, 0.1) is 5.41 Å². The van der Waals surface area contributed by atoms with Crippen molar-refractivity contribution in [1.29, 1.82) is 0 Å². The Bertz CT molecular complexity index is 670. The first-order valence-electron chi connectivity index (χ1n) is 10.7. The molecule has 3 aliphatic carbocycles. The Kier molecular flexibility index (Phi) is 5.36. The summed E-state index contributed by atoms with van der Waals surface area (Å²) in [5, 5.41) is 3.09. The number of piperidine rings is 1. The van der Waals surface area contributed by atoms with E-state index in [1.807, 2.05) is 19.4 Å². The van der Waals surface area contributed by atoms with E-state index in [4.69, 9.17) is 4.74 Å². The lowest BCUT2D eigenvalue weighted by molar-refractivity contribution is -0.148. The van der Waals surface area contributed by atoms with Crippen LogP contribution >= 0.6 is 0 Å². The van der Waals surface area contributed by atoms with E-state index in [1.165, 1.54) is 12.8 Å². The summed E-state index contributed by atoms with van der Waals surface area (Å²) in [7, 11) is 6.13. The lowest BCUT2D eigenvalue weighted by atomic mass is 9.58. The highest BCUT2D eigenvalue weighted by Crippen LogP contribution is 2.54. The molecule has 5 rings (SSSR count). The molecule has 1 amide bonds. The maximum atomic E-state index is 13.0. The van der Waals surface area contributed by atoms with Crippen molar-refractivity contribution in [3.63, 3.8) is 0 Å². The topological polar surface area (TPSA) is 57.7 Å². The number of nitrogens with one attached hydrogen (secondary N) is 1. The standard InChI is InChI=1S/C22H34N4O2/c1-25(2)17-6-14-26(15-7-17)18-4-5-19(23-16-18)24-20(27)21-8-11-22(28-3,12-9-21)13-10-21/h4-5,16-17H,6-15H2,1-3H3,(H,23,24,27). The number of pyridine rings is 1. The van der Waals surface area contributed by atoms with Crippen molar-refractivity contribution in [3.05, 3.63) is 18.3 Å². The van der Waals surface area contributed by atoms with E-state index in [0.29, 0.717) is 11.9 Å². The average molecular weight is 387 g/mol. The van der Waals surface area contributed by atoms with Crippen LogP contribution in [-0.2, 0) is 9.53 Å². The summed E-state index contributed by atoms with van der Waals surface area (Å²) >= 11 is 0. The van der Waals surface area contributed by atoms with Gasteiger partial charge >= 0.3 is 0 Å². The Morgan fingerprint density at radius 1 is 1.14 bits per heavy atom. The zero-order valence-electron chi connectivity index (χ0n) is 17.5. The van der Waals surface area contributed by atoms with Crippen LogP contribution in [-0.4, -0.2) is 61.7 Å². The molecule has 6 nitrogen and oxygen atoms in total. The van der Waals surface area contributed by atoms with E-state index >= 15 is 0 Å². The normalized spacial score (nSPS) is 30.6. The van der Waals surface area contributed by atoms with Crippen molar-refractivity contribution in [2.75, 3.05) is 44.5 Å². The maximum Gasteiger partial charge on any atom is 0.231 e. The molecule has 1 N–H and O–H groups in total. The number of nitrogens with zero attached hydrogens (tertiary/aromatic N) is 3. The number of carbonyl (C=O) groups excluding carboxylic acids is 1. The first kappa shape index (κ1) is 19.6. The Hall–Kier alpha value is -1.66. The van der Waals surface area contributed by atoms with Gasteiger partial charge in [0, 0.05) is 31.7 Å². The molecule has 1 aromatic heterocycles. The Labute approximate surface area is 168 Å². The highest BCUT2D eigenvalue weighted by molar-refractivity contribution is 5.95. The molecule has 4 aliphatic rings. The van der Waals surface area contributed by atoms with Gasteiger partial charge in [-0.3, -0.25) is 4.79 Å². The van der Waals surface area contributed by atoms with Crippen molar-refractivity contribution in [3.8, 4) is 0 Å². The van der Waals surface area contributed by atoms with Gasteiger partial charge in [-0.25, -0.2) is 4.98 Å². The Balaban J connectivity index is 1.34. The second kappa shape index (κ2) is 7.64. The van der Waals surface area contributed by atoms with Crippen molar-refractivity contribution in [2.45, 2.75) is 63.0 Å². The molecule has 0 spiro atoms. The molecule has 1 aliphatic heterocycles. The third-order valence-electron chi connectivity index (χ3n) is 7.64. The second-order valence-electron chi connectivity index (χ2n) is 9.21. The summed E-state index contributed by atoms with van der Waals surface area (Å²) in [6.07, 6.45) is 10.0. The summed E-state index contributed by atoms with van der Waals surface area (Å²) in [6.45, 7) is 2.11. The molecule has 0 atom stereocenters. The van der Waals surface area contributed by atoms with E-state index in [1.54, 1.807) is 0 Å². The van der Waals surface area contributed by atoms with Crippen LogP contribution in [0.5, 0.6) is 0 Å². The molecule has 28 heavy (non-hydrogen) atoms. The van der Waals surface area contributed by atoms with Gasteiger partial charge in [0.05, 0.1) is 17.5 Å². The van der Waals surface area contributed by atoms with Gasteiger partial charge in [-0.05, 0) is 77.6 Å². The minimum Gasteiger partial charge on any atom is -0.378 e. The number of aromatic nitrogens is 1. The zero-order valence-corrected chi connectivity index (χ0v) is 17.5. The Morgan fingerprint density at radius 2 is 1.79 bits per heavy atom. The van der Waals surface area contributed by atoms with Crippen LogP contribution in [0.1, 0.15) is 51.4 Å². The van der Waals surface area contributed by atoms with E-state index in [2.05, 4.69) is 40.3 Å². The lowest BCUT2D eigenvalue weighted by Gasteiger charge is -2.51. The van der Waals surface area contributed by atoms with Crippen LogP contribution in [0.2, 0.25) is 0 Å². The summed E-state index contributed by atoms with van der Waals surface area (Å²) in [5.74, 6) is 0.810. The van der Waals surface area contributed by atoms with Gasteiger partial charge in [-0.1, -0.05) is 0 Å².